The molecular weight excluding hydrogens is 265 g/mol. The predicted octanol–water partition coefficient (Wildman–Crippen LogP) is 3.04. The SMILES string of the molecule is CC(=O)SCC#Cc1ccc(O)c(C(F)(F)F)c1. The highest BCUT2D eigenvalue weighted by Gasteiger charge is 2.33. The quantitative estimate of drug-likeness (QED) is 0.800. The molecule has 0 fully saturated rings. The number of phenolic OH excluding ortho intramolecular Hbond substituents is 1. The molecule has 0 aromatic heterocycles. The van der Waals surface area contributed by atoms with Gasteiger partial charge < -0.3 is 5.11 Å². The summed E-state index contributed by atoms with van der Waals surface area (Å²) < 4.78 is 37.4. The van der Waals surface area contributed by atoms with Crippen LogP contribution in [0.2, 0.25) is 0 Å². The first-order valence-electron chi connectivity index (χ1n) is 4.83. The van der Waals surface area contributed by atoms with Gasteiger partial charge in [0.15, 0.2) is 5.12 Å². The van der Waals surface area contributed by atoms with Gasteiger partial charge in [-0.3, -0.25) is 4.79 Å². The number of halogens is 3. The fourth-order valence-electron chi connectivity index (χ4n) is 1.12. The van der Waals surface area contributed by atoms with Crippen molar-refractivity contribution < 1.29 is 23.1 Å². The molecule has 0 amide bonds. The van der Waals surface area contributed by atoms with Gasteiger partial charge in [0.25, 0.3) is 0 Å². The van der Waals surface area contributed by atoms with Crippen molar-refractivity contribution in [1.82, 2.24) is 0 Å². The fourth-order valence-corrected chi connectivity index (χ4v) is 1.46. The largest absolute Gasteiger partial charge is 0.507 e. The Morgan fingerprint density at radius 3 is 2.67 bits per heavy atom. The Labute approximate surface area is 106 Å². The van der Waals surface area contributed by atoms with Gasteiger partial charge in [-0.25, -0.2) is 0 Å². The fraction of sp³-hybridized carbons (Fsp3) is 0.250. The van der Waals surface area contributed by atoms with Crippen LogP contribution in [0.15, 0.2) is 18.2 Å². The number of benzene rings is 1. The molecule has 2 nitrogen and oxygen atoms in total. The molecule has 0 unspecified atom stereocenters. The van der Waals surface area contributed by atoms with Gasteiger partial charge in [0.05, 0.1) is 11.3 Å². The zero-order valence-electron chi connectivity index (χ0n) is 9.34. The van der Waals surface area contributed by atoms with Crippen molar-refractivity contribution in [2.24, 2.45) is 0 Å². The summed E-state index contributed by atoms with van der Waals surface area (Å²) in [6.45, 7) is 1.38. The normalized spacial score (nSPS) is 10.7. The van der Waals surface area contributed by atoms with E-state index < -0.39 is 17.5 Å². The molecule has 0 spiro atoms. The van der Waals surface area contributed by atoms with E-state index in [1.165, 1.54) is 13.0 Å². The maximum Gasteiger partial charge on any atom is 0.419 e. The van der Waals surface area contributed by atoms with Gasteiger partial charge >= 0.3 is 6.18 Å². The summed E-state index contributed by atoms with van der Waals surface area (Å²) in [5, 5.41) is 8.99. The number of carbonyl (C=O) groups excluding carboxylic acids is 1. The van der Waals surface area contributed by atoms with Gasteiger partial charge in [0, 0.05) is 12.5 Å². The van der Waals surface area contributed by atoms with Gasteiger partial charge in [-0.2, -0.15) is 13.2 Å². The molecule has 0 saturated heterocycles. The van der Waals surface area contributed by atoms with Crippen LogP contribution in [0, 0.1) is 11.8 Å². The third-order valence-electron chi connectivity index (χ3n) is 1.88. The zero-order chi connectivity index (χ0) is 13.8. The van der Waals surface area contributed by atoms with Crippen LogP contribution in [-0.2, 0) is 11.0 Å². The van der Waals surface area contributed by atoms with E-state index >= 15 is 0 Å². The average molecular weight is 274 g/mol. The van der Waals surface area contributed by atoms with Gasteiger partial charge in [-0.1, -0.05) is 23.6 Å². The first-order chi connectivity index (χ1) is 8.30. The van der Waals surface area contributed by atoms with Crippen LogP contribution in [0.1, 0.15) is 18.1 Å². The molecule has 0 bridgehead atoms. The van der Waals surface area contributed by atoms with Gasteiger partial charge in [0.1, 0.15) is 5.75 Å². The smallest absolute Gasteiger partial charge is 0.419 e. The topological polar surface area (TPSA) is 37.3 Å². The summed E-state index contributed by atoms with van der Waals surface area (Å²) in [6, 6.07) is 3.02. The van der Waals surface area contributed by atoms with Crippen LogP contribution in [-0.4, -0.2) is 16.0 Å². The molecule has 0 saturated carbocycles. The van der Waals surface area contributed by atoms with E-state index in [4.69, 9.17) is 5.11 Å². The molecule has 6 heteroatoms. The van der Waals surface area contributed by atoms with Crippen LogP contribution in [0.25, 0.3) is 0 Å². The number of thioether (sulfide) groups is 1. The van der Waals surface area contributed by atoms with Crippen molar-refractivity contribution in [3.05, 3.63) is 29.3 Å². The Morgan fingerprint density at radius 2 is 2.11 bits per heavy atom. The van der Waals surface area contributed by atoms with Gasteiger partial charge in [-0.15, -0.1) is 0 Å². The van der Waals surface area contributed by atoms with Crippen LogP contribution in [0.4, 0.5) is 13.2 Å². The Kier molecular flexibility index (Phi) is 4.68. The van der Waals surface area contributed by atoms with E-state index in [2.05, 4.69) is 11.8 Å². The molecule has 1 rings (SSSR count). The molecule has 96 valence electrons. The lowest BCUT2D eigenvalue weighted by Gasteiger charge is -2.08. The number of hydrogen-bond acceptors (Lipinski definition) is 3. The Hall–Kier alpha value is -1.61. The number of alkyl halides is 3. The highest BCUT2D eigenvalue weighted by atomic mass is 32.2. The second kappa shape index (κ2) is 5.83. The second-order valence-electron chi connectivity index (χ2n) is 3.31. The lowest BCUT2D eigenvalue weighted by molar-refractivity contribution is -0.138. The van der Waals surface area contributed by atoms with Gasteiger partial charge in [0.2, 0.25) is 0 Å². The van der Waals surface area contributed by atoms with Crippen molar-refractivity contribution in [2.45, 2.75) is 13.1 Å². The minimum absolute atomic E-state index is 0.106. The van der Waals surface area contributed by atoms with Crippen LogP contribution >= 0.6 is 11.8 Å². The van der Waals surface area contributed by atoms with Crippen molar-refractivity contribution >= 4 is 16.9 Å². The third kappa shape index (κ3) is 4.34. The standard InChI is InChI=1S/C12H9F3O2S/c1-8(16)18-6-2-3-9-4-5-11(17)10(7-9)12(13,14)15/h4-5,7,17H,6H2,1H3. The minimum atomic E-state index is -4.62. The van der Waals surface area contributed by atoms with E-state index in [-0.39, 0.29) is 16.4 Å². The number of rotatable bonds is 1. The van der Waals surface area contributed by atoms with Crippen LogP contribution in [0.3, 0.4) is 0 Å². The molecule has 1 aromatic rings. The highest BCUT2D eigenvalue weighted by Crippen LogP contribution is 2.35. The Bertz CT molecular complexity index is 512. The van der Waals surface area contributed by atoms with E-state index in [0.717, 1.165) is 23.9 Å². The van der Waals surface area contributed by atoms with Crippen LogP contribution in [0.5, 0.6) is 5.75 Å². The molecule has 0 aliphatic heterocycles. The summed E-state index contributed by atoms with van der Waals surface area (Å²) in [5.74, 6) is 4.47. The molecule has 0 heterocycles. The maximum atomic E-state index is 12.5. The molecule has 1 N–H and O–H groups in total. The minimum Gasteiger partial charge on any atom is -0.507 e. The monoisotopic (exact) mass is 274 g/mol. The molecule has 0 atom stereocenters. The Balaban J connectivity index is 2.89. The lowest BCUT2D eigenvalue weighted by atomic mass is 10.1. The first-order valence-corrected chi connectivity index (χ1v) is 5.81. The van der Waals surface area contributed by atoms with Crippen LogP contribution < -0.4 is 0 Å². The van der Waals surface area contributed by atoms with Crippen molar-refractivity contribution in [2.75, 3.05) is 5.75 Å². The summed E-state index contributed by atoms with van der Waals surface area (Å²) in [7, 11) is 0. The molecule has 1 aromatic carbocycles. The predicted molar refractivity (Wildman–Crippen MR) is 63.1 cm³/mol. The molecular formula is C12H9F3O2S. The third-order valence-corrected chi connectivity index (χ3v) is 2.58. The summed E-state index contributed by atoms with van der Waals surface area (Å²) in [4.78, 5) is 10.6. The lowest BCUT2D eigenvalue weighted by Crippen LogP contribution is -2.05. The number of aromatic hydroxyl groups is 1. The van der Waals surface area contributed by atoms with Crippen molar-refractivity contribution in [3.8, 4) is 17.6 Å². The summed E-state index contributed by atoms with van der Waals surface area (Å²) in [6.07, 6.45) is -4.62. The van der Waals surface area contributed by atoms with Crippen molar-refractivity contribution in [1.29, 1.82) is 0 Å². The van der Waals surface area contributed by atoms with E-state index in [9.17, 15) is 18.0 Å². The second-order valence-corrected chi connectivity index (χ2v) is 4.46. The maximum absolute atomic E-state index is 12.5. The summed E-state index contributed by atoms with van der Waals surface area (Å²) >= 11 is 0.979. The number of carbonyl (C=O) groups is 1. The highest BCUT2D eigenvalue weighted by molar-refractivity contribution is 8.13. The Morgan fingerprint density at radius 1 is 1.44 bits per heavy atom. The van der Waals surface area contributed by atoms with E-state index in [1.807, 2.05) is 0 Å². The molecule has 0 aliphatic rings. The summed E-state index contributed by atoms with van der Waals surface area (Å²) in [5.41, 5.74) is -0.974. The van der Waals surface area contributed by atoms with E-state index in [1.54, 1.807) is 0 Å². The first kappa shape index (κ1) is 14.5. The molecule has 18 heavy (non-hydrogen) atoms. The average Bonchev–Trinajstić information content (AvgIpc) is 2.24. The van der Waals surface area contributed by atoms with E-state index in [0.29, 0.717) is 0 Å². The van der Waals surface area contributed by atoms with Gasteiger partial charge in [-0.05, 0) is 18.2 Å². The number of phenols is 1. The zero-order valence-corrected chi connectivity index (χ0v) is 10.2. The molecule has 0 radical (unpaired) electrons. The molecule has 0 aliphatic carbocycles. The number of hydrogen-bond donors (Lipinski definition) is 1. The van der Waals surface area contributed by atoms with Crippen molar-refractivity contribution in [3.63, 3.8) is 0 Å².